The number of anilines is 1. The standard InChI is InChI=1S/C19H28N4O2/c1-3-22-10-4-5-17(22)12-20-19(25)21-15-11-18(24)23(13-15)16-8-6-14(2)7-9-16/h6-9,15,17H,3-5,10-13H2,1-2H3,(H2,20,21,25)/p+1/t15-,17+/m1/s1. The molecule has 1 aromatic carbocycles. The summed E-state index contributed by atoms with van der Waals surface area (Å²) in [6.07, 6.45) is 2.77. The van der Waals surface area contributed by atoms with Crippen LogP contribution in [0.5, 0.6) is 0 Å². The van der Waals surface area contributed by atoms with Crippen molar-refractivity contribution in [2.45, 2.75) is 45.2 Å². The molecule has 3 N–H and O–H groups in total. The molecule has 2 aliphatic rings. The minimum absolute atomic E-state index is 0.0616. The summed E-state index contributed by atoms with van der Waals surface area (Å²) in [6, 6.07) is 8.14. The summed E-state index contributed by atoms with van der Waals surface area (Å²) in [4.78, 5) is 27.8. The van der Waals surface area contributed by atoms with E-state index in [1.54, 1.807) is 9.80 Å². The lowest BCUT2D eigenvalue weighted by Crippen LogP contribution is -3.14. The van der Waals surface area contributed by atoms with Gasteiger partial charge in [-0.25, -0.2) is 4.79 Å². The summed E-state index contributed by atoms with van der Waals surface area (Å²) in [5, 5.41) is 5.95. The van der Waals surface area contributed by atoms with Crippen LogP contribution in [0.1, 0.15) is 31.7 Å². The van der Waals surface area contributed by atoms with Crippen molar-refractivity contribution in [3.8, 4) is 0 Å². The lowest BCUT2D eigenvalue weighted by Gasteiger charge is -2.21. The van der Waals surface area contributed by atoms with Crippen LogP contribution < -0.4 is 20.4 Å². The van der Waals surface area contributed by atoms with Gasteiger partial charge >= 0.3 is 6.03 Å². The number of carbonyl (C=O) groups excluding carboxylic acids is 2. The normalized spacial score (nSPS) is 26.1. The molecule has 2 aliphatic heterocycles. The molecule has 0 radical (unpaired) electrons. The number of benzene rings is 1. The molecular weight excluding hydrogens is 316 g/mol. The van der Waals surface area contributed by atoms with Gasteiger partial charge in [0.1, 0.15) is 6.04 Å². The SMILES string of the molecule is CC[NH+]1CCC[C@H]1CNC(=O)N[C@@H]1CC(=O)N(c2ccc(C)cc2)C1. The highest BCUT2D eigenvalue weighted by Crippen LogP contribution is 2.21. The Bertz CT molecular complexity index is 616. The maximum Gasteiger partial charge on any atom is 0.315 e. The summed E-state index contributed by atoms with van der Waals surface area (Å²) in [7, 11) is 0. The number of aryl methyl sites for hydroxylation is 1. The van der Waals surface area contributed by atoms with Crippen LogP contribution in [0.4, 0.5) is 10.5 Å². The van der Waals surface area contributed by atoms with Crippen LogP contribution in [0.15, 0.2) is 24.3 Å². The lowest BCUT2D eigenvalue weighted by atomic mass is 10.2. The number of carbonyl (C=O) groups is 2. The highest BCUT2D eigenvalue weighted by Gasteiger charge is 2.32. The molecule has 0 saturated carbocycles. The van der Waals surface area contributed by atoms with Gasteiger partial charge < -0.3 is 20.4 Å². The largest absolute Gasteiger partial charge is 0.333 e. The van der Waals surface area contributed by atoms with E-state index in [0.717, 1.165) is 12.2 Å². The second-order valence-corrected chi connectivity index (χ2v) is 7.20. The van der Waals surface area contributed by atoms with E-state index < -0.39 is 0 Å². The van der Waals surface area contributed by atoms with E-state index in [1.165, 1.54) is 24.9 Å². The van der Waals surface area contributed by atoms with E-state index in [4.69, 9.17) is 0 Å². The van der Waals surface area contributed by atoms with Crippen molar-refractivity contribution in [3.05, 3.63) is 29.8 Å². The summed E-state index contributed by atoms with van der Waals surface area (Å²) in [5.74, 6) is 0.0616. The number of amides is 3. The highest BCUT2D eigenvalue weighted by molar-refractivity contribution is 5.96. The number of quaternary nitrogens is 1. The summed E-state index contributed by atoms with van der Waals surface area (Å²) in [6.45, 7) is 7.76. The van der Waals surface area contributed by atoms with E-state index in [9.17, 15) is 9.59 Å². The Morgan fingerprint density at radius 1 is 1.32 bits per heavy atom. The van der Waals surface area contributed by atoms with Crippen molar-refractivity contribution < 1.29 is 14.5 Å². The van der Waals surface area contributed by atoms with Crippen molar-refractivity contribution in [3.63, 3.8) is 0 Å². The van der Waals surface area contributed by atoms with Gasteiger partial charge in [0.15, 0.2) is 0 Å². The number of nitrogens with one attached hydrogen (secondary N) is 3. The number of rotatable bonds is 5. The lowest BCUT2D eigenvalue weighted by molar-refractivity contribution is -0.909. The molecule has 0 aromatic heterocycles. The van der Waals surface area contributed by atoms with Crippen molar-refractivity contribution in [1.29, 1.82) is 0 Å². The second kappa shape index (κ2) is 7.87. The molecule has 1 unspecified atom stereocenters. The molecule has 0 aliphatic carbocycles. The molecule has 6 heteroatoms. The fraction of sp³-hybridized carbons (Fsp3) is 0.579. The molecule has 1 aromatic rings. The number of hydrogen-bond acceptors (Lipinski definition) is 2. The van der Waals surface area contributed by atoms with Gasteiger partial charge in [-0.15, -0.1) is 0 Å². The number of likely N-dealkylation sites (tertiary alicyclic amines) is 1. The third-order valence-corrected chi connectivity index (χ3v) is 5.40. The predicted molar refractivity (Wildman–Crippen MR) is 97.9 cm³/mol. The Hall–Kier alpha value is -2.08. The Balaban J connectivity index is 1.47. The number of nitrogens with zero attached hydrogens (tertiary/aromatic N) is 1. The molecule has 2 heterocycles. The quantitative estimate of drug-likeness (QED) is 0.726. The summed E-state index contributed by atoms with van der Waals surface area (Å²) >= 11 is 0. The van der Waals surface area contributed by atoms with Gasteiger partial charge in [0.2, 0.25) is 5.91 Å². The first-order valence-electron chi connectivity index (χ1n) is 9.32. The molecule has 3 amide bonds. The van der Waals surface area contributed by atoms with E-state index in [0.29, 0.717) is 25.6 Å². The first kappa shape index (κ1) is 17.7. The van der Waals surface area contributed by atoms with Gasteiger partial charge in [-0.3, -0.25) is 4.79 Å². The fourth-order valence-corrected chi connectivity index (χ4v) is 3.93. The minimum Gasteiger partial charge on any atom is -0.333 e. The number of likely N-dealkylation sites (N-methyl/N-ethyl adjacent to an activating group) is 1. The van der Waals surface area contributed by atoms with Crippen LogP contribution in [0.3, 0.4) is 0 Å². The zero-order valence-corrected chi connectivity index (χ0v) is 15.2. The molecular formula is C19H29N4O2+. The molecule has 2 saturated heterocycles. The number of hydrogen-bond donors (Lipinski definition) is 3. The van der Waals surface area contributed by atoms with E-state index >= 15 is 0 Å². The van der Waals surface area contributed by atoms with Gasteiger partial charge in [0, 0.05) is 31.5 Å². The Labute approximate surface area is 149 Å². The van der Waals surface area contributed by atoms with E-state index in [2.05, 4.69) is 17.6 Å². The van der Waals surface area contributed by atoms with E-state index in [1.807, 2.05) is 31.2 Å². The maximum atomic E-state index is 12.3. The number of urea groups is 1. The van der Waals surface area contributed by atoms with Gasteiger partial charge in [-0.05, 0) is 26.0 Å². The molecule has 0 spiro atoms. The van der Waals surface area contributed by atoms with Crippen LogP contribution in [0.2, 0.25) is 0 Å². The molecule has 136 valence electrons. The third kappa shape index (κ3) is 4.31. The molecule has 3 rings (SSSR count). The first-order valence-corrected chi connectivity index (χ1v) is 9.32. The fourth-order valence-electron chi connectivity index (χ4n) is 3.93. The second-order valence-electron chi connectivity index (χ2n) is 7.20. The first-order chi connectivity index (χ1) is 12.1. The zero-order valence-electron chi connectivity index (χ0n) is 15.2. The Kier molecular flexibility index (Phi) is 5.58. The van der Waals surface area contributed by atoms with Crippen LogP contribution in [0, 0.1) is 6.92 Å². The van der Waals surface area contributed by atoms with Crippen molar-refractivity contribution in [2.75, 3.05) is 31.1 Å². The Morgan fingerprint density at radius 2 is 2.08 bits per heavy atom. The molecule has 0 bridgehead atoms. The van der Waals surface area contributed by atoms with Gasteiger partial charge in [0.05, 0.1) is 25.7 Å². The van der Waals surface area contributed by atoms with Gasteiger partial charge in [0.25, 0.3) is 0 Å². The topological polar surface area (TPSA) is 65.9 Å². The van der Waals surface area contributed by atoms with E-state index in [-0.39, 0.29) is 18.0 Å². The monoisotopic (exact) mass is 345 g/mol. The summed E-state index contributed by atoms with van der Waals surface area (Å²) in [5.41, 5.74) is 2.06. The molecule has 25 heavy (non-hydrogen) atoms. The average molecular weight is 345 g/mol. The molecule has 3 atom stereocenters. The average Bonchev–Trinajstić information content (AvgIpc) is 3.19. The van der Waals surface area contributed by atoms with Crippen molar-refractivity contribution in [2.24, 2.45) is 0 Å². The van der Waals surface area contributed by atoms with Crippen molar-refractivity contribution in [1.82, 2.24) is 10.6 Å². The maximum absolute atomic E-state index is 12.3. The van der Waals surface area contributed by atoms with Crippen molar-refractivity contribution >= 4 is 17.6 Å². The van der Waals surface area contributed by atoms with Gasteiger partial charge in [-0.2, -0.15) is 0 Å². The van der Waals surface area contributed by atoms with Crippen LogP contribution in [-0.2, 0) is 4.79 Å². The van der Waals surface area contributed by atoms with Crippen LogP contribution >= 0.6 is 0 Å². The minimum atomic E-state index is -0.161. The molecule has 6 nitrogen and oxygen atoms in total. The van der Waals surface area contributed by atoms with Gasteiger partial charge in [-0.1, -0.05) is 17.7 Å². The van der Waals surface area contributed by atoms with Crippen LogP contribution in [-0.4, -0.2) is 50.2 Å². The highest BCUT2D eigenvalue weighted by atomic mass is 16.2. The predicted octanol–water partition coefficient (Wildman–Crippen LogP) is 0.467. The summed E-state index contributed by atoms with van der Waals surface area (Å²) < 4.78 is 0. The van der Waals surface area contributed by atoms with Crippen LogP contribution in [0.25, 0.3) is 0 Å². The molecule has 2 fully saturated rings. The smallest absolute Gasteiger partial charge is 0.315 e. The zero-order chi connectivity index (χ0) is 17.8. The third-order valence-electron chi connectivity index (χ3n) is 5.40. The Morgan fingerprint density at radius 3 is 2.80 bits per heavy atom.